The number of ether oxygens (including phenoxy) is 1. The average molecular weight is 348 g/mol. The summed E-state index contributed by atoms with van der Waals surface area (Å²) in [7, 11) is 1.66. The van der Waals surface area contributed by atoms with Crippen LogP contribution in [0.5, 0.6) is 5.75 Å². The Balaban J connectivity index is 1.43. The maximum Gasteiger partial charge on any atom is 0.244 e. The van der Waals surface area contributed by atoms with Crippen LogP contribution in [0, 0.1) is 0 Å². The van der Waals surface area contributed by atoms with Crippen LogP contribution in [0.2, 0.25) is 0 Å². The minimum atomic E-state index is 0.0608. The molecule has 1 aromatic heterocycles. The van der Waals surface area contributed by atoms with Crippen molar-refractivity contribution in [3.63, 3.8) is 0 Å². The highest BCUT2D eigenvalue weighted by molar-refractivity contribution is 5.81. The van der Waals surface area contributed by atoms with E-state index in [4.69, 9.17) is 4.74 Å². The molecule has 6 heteroatoms. The third-order valence-electron chi connectivity index (χ3n) is 4.73. The van der Waals surface area contributed by atoms with E-state index in [1.54, 1.807) is 11.8 Å². The summed E-state index contributed by atoms with van der Waals surface area (Å²) >= 11 is 0. The number of nitrogens with zero attached hydrogens (tertiary/aromatic N) is 4. The highest BCUT2D eigenvalue weighted by Crippen LogP contribution is 2.24. The lowest BCUT2D eigenvalue weighted by Crippen LogP contribution is -2.37. The molecule has 1 aliphatic heterocycles. The molecule has 26 heavy (non-hydrogen) atoms. The second-order valence-electron chi connectivity index (χ2n) is 6.28. The number of rotatable bonds is 4. The molecule has 1 amide bonds. The molecule has 2 heterocycles. The molecule has 0 saturated carbocycles. The Labute approximate surface area is 151 Å². The summed E-state index contributed by atoms with van der Waals surface area (Å²) in [6.45, 7) is 1.54. The van der Waals surface area contributed by atoms with E-state index in [1.807, 2.05) is 41.3 Å². The number of para-hydroxylation sites is 1. The zero-order valence-electron chi connectivity index (χ0n) is 14.6. The lowest BCUT2D eigenvalue weighted by Gasteiger charge is -2.26. The molecule has 0 spiro atoms. The first-order valence-corrected chi connectivity index (χ1v) is 8.64. The number of methoxy groups -OCH3 is 1. The summed E-state index contributed by atoms with van der Waals surface area (Å²) < 4.78 is 6.87. The van der Waals surface area contributed by atoms with Gasteiger partial charge in [0.2, 0.25) is 5.91 Å². The molecule has 0 fully saturated rings. The van der Waals surface area contributed by atoms with Crippen LogP contribution in [-0.2, 0) is 11.3 Å². The zero-order valence-corrected chi connectivity index (χ0v) is 14.6. The molecule has 0 N–H and O–H groups in total. The first kappa shape index (κ1) is 16.3. The molecule has 0 unspecified atom stereocenters. The van der Waals surface area contributed by atoms with Crippen molar-refractivity contribution in [2.75, 3.05) is 20.2 Å². The van der Waals surface area contributed by atoms with Gasteiger partial charge in [0.25, 0.3) is 0 Å². The van der Waals surface area contributed by atoms with Crippen molar-refractivity contribution in [1.82, 2.24) is 19.9 Å². The Kier molecular flexibility index (Phi) is 4.39. The Hall–Kier alpha value is -3.15. The zero-order chi connectivity index (χ0) is 17.9. The largest absolute Gasteiger partial charge is 0.497 e. The van der Waals surface area contributed by atoms with Crippen LogP contribution in [-0.4, -0.2) is 46.0 Å². The minimum absolute atomic E-state index is 0.0608. The molecular formula is C20H20N4O2. The van der Waals surface area contributed by atoms with E-state index in [2.05, 4.69) is 28.5 Å². The smallest absolute Gasteiger partial charge is 0.244 e. The van der Waals surface area contributed by atoms with Crippen LogP contribution in [0.4, 0.5) is 0 Å². The van der Waals surface area contributed by atoms with E-state index in [-0.39, 0.29) is 12.5 Å². The van der Waals surface area contributed by atoms with Crippen LogP contribution in [0.15, 0.2) is 54.6 Å². The van der Waals surface area contributed by atoms with E-state index in [0.29, 0.717) is 13.1 Å². The molecule has 2 aromatic carbocycles. The first-order valence-electron chi connectivity index (χ1n) is 8.64. The predicted molar refractivity (Wildman–Crippen MR) is 99.7 cm³/mol. The Morgan fingerprint density at radius 2 is 1.96 bits per heavy atom. The molecule has 132 valence electrons. The third kappa shape index (κ3) is 3.18. The monoisotopic (exact) mass is 348 g/mol. The van der Waals surface area contributed by atoms with Gasteiger partial charge in [-0.15, -0.1) is 5.10 Å². The molecule has 4 rings (SSSR count). The molecule has 0 radical (unpaired) electrons. The van der Waals surface area contributed by atoms with Gasteiger partial charge in [0, 0.05) is 13.1 Å². The summed E-state index contributed by atoms with van der Waals surface area (Å²) in [4.78, 5) is 14.5. The lowest BCUT2D eigenvalue weighted by atomic mass is 9.99. The normalized spacial score (nSPS) is 14.3. The number of benzene rings is 2. The summed E-state index contributed by atoms with van der Waals surface area (Å²) in [6.07, 6.45) is 2.97. The van der Waals surface area contributed by atoms with Crippen LogP contribution >= 0.6 is 0 Å². The summed E-state index contributed by atoms with van der Waals surface area (Å²) in [6, 6.07) is 15.7. The van der Waals surface area contributed by atoms with Crippen LogP contribution in [0.3, 0.4) is 0 Å². The molecule has 0 atom stereocenters. The van der Waals surface area contributed by atoms with Gasteiger partial charge in [-0.1, -0.05) is 35.6 Å². The predicted octanol–water partition coefficient (Wildman–Crippen LogP) is 2.76. The number of hydrogen-bond acceptors (Lipinski definition) is 4. The standard InChI is InChI=1S/C20H20N4O2/c1-26-17-8-6-15(7-9-17)16-10-12-23(13-11-16)20(25)14-24-19-5-3-2-4-18(19)21-22-24/h2-10H,11-14H2,1H3. The summed E-state index contributed by atoms with van der Waals surface area (Å²) in [5.74, 6) is 0.910. The van der Waals surface area contributed by atoms with Gasteiger partial charge in [-0.25, -0.2) is 4.68 Å². The number of amides is 1. The maximum absolute atomic E-state index is 12.6. The fourth-order valence-corrected chi connectivity index (χ4v) is 3.23. The van der Waals surface area contributed by atoms with Gasteiger partial charge in [-0.05, 0) is 41.8 Å². The molecule has 0 saturated heterocycles. The van der Waals surface area contributed by atoms with Crippen molar-refractivity contribution >= 4 is 22.5 Å². The number of carbonyl (C=O) groups excluding carboxylic acids is 1. The number of carbonyl (C=O) groups is 1. The average Bonchev–Trinajstić information content (AvgIpc) is 3.11. The van der Waals surface area contributed by atoms with E-state index in [1.165, 1.54) is 11.1 Å². The van der Waals surface area contributed by atoms with Crippen LogP contribution in [0.25, 0.3) is 16.6 Å². The SMILES string of the molecule is COc1ccc(C2=CCN(C(=O)Cn3nnc4ccccc43)CC2)cc1. The van der Waals surface area contributed by atoms with Crippen molar-refractivity contribution in [3.05, 3.63) is 60.2 Å². The van der Waals surface area contributed by atoms with Crippen molar-refractivity contribution in [1.29, 1.82) is 0 Å². The Bertz CT molecular complexity index is 959. The number of fused-ring (bicyclic) bond motifs is 1. The van der Waals surface area contributed by atoms with E-state index < -0.39 is 0 Å². The quantitative estimate of drug-likeness (QED) is 0.727. The minimum Gasteiger partial charge on any atom is -0.497 e. The van der Waals surface area contributed by atoms with E-state index in [0.717, 1.165) is 23.2 Å². The second kappa shape index (κ2) is 7.00. The van der Waals surface area contributed by atoms with Crippen LogP contribution < -0.4 is 4.74 Å². The van der Waals surface area contributed by atoms with E-state index in [9.17, 15) is 4.79 Å². The molecule has 0 aliphatic carbocycles. The van der Waals surface area contributed by atoms with Gasteiger partial charge in [-0.2, -0.15) is 0 Å². The van der Waals surface area contributed by atoms with Gasteiger partial charge < -0.3 is 9.64 Å². The number of hydrogen-bond donors (Lipinski definition) is 0. The van der Waals surface area contributed by atoms with Gasteiger partial charge in [0.05, 0.1) is 12.6 Å². The van der Waals surface area contributed by atoms with E-state index >= 15 is 0 Å². The highest BCUT2D eigenvalue weighted by atomic mass is 16.5. The third-order valence-corrected chi connectivity index (χ3v) is 4.73. The van der Waals surface area contributed by atoms with Gasteiger partial charge in [-0.3, -0.25) is 4.79 Å². The Morgan fingerprint density at radius 1 is 1.15 bits per heavy atom. The van der Waals surface area contributed by atoms with Crippen molar-refractivity contribution < 1.29 is 9.53 Å². The molecular weight excluding hydrogens is 328 g/mol. The van der Waals surface area contributed by atoms with Crippen molar-refractivity contribution in [2.45, 2.75) is 13.0 Å². The highest BCUT2D eigenvalue weighted by Gasteiger charge is 2.19. The van der Waals surface area contributed by atoms with Crippen molar-refractivity contribution in [3.8, 4) is 5.75 Å². The molecule has 3 aromatic rings. The molecule has 1 aliphatic rings. The Morgan fingerprint density at radius 3 is 2.69 bits per heavy atom. The number of aromatic nitrogens is 3. The lowest BCUT2D eigenvalue weighted by molar-refractivity contribution is -0.131. The van der Waals surface area contributed by atoms with Gasteiger partial charge in [0.15, 0.2) is 0 Å². The molecule has 6 nitrogen and oxygen atoms in total. The van der Waals surface area contributed by atoms with Gasteiger partial charge >= 0.3 is 0 Å². The first-order chi connectivity index (χ1) is 12.7. The van der Waals surface area contributed by atoms with Crippen LogP contribution in [0.1, 0.15) is 12.0 Å². The topological polar surface area (TPSA) is 60.2 Å². The second-order valence-corrected chi connectivity index (χ2v) is 6.28. The summed E-state index contributed by atoms with van der Waals surface area (Å²) in [5.41, 5.74) is 4.14. The summed E-state index contributed by atoms with van der Waals surface area (Å²) in [5, 5.41) is 8.20. The maximum atomic E-state index is 12.6. The fourth-order valence-electron chi connectivity index (χ4n) is 3.23. The fraction of sp³-hybridized carbons (Fsp3) is 0.250. The van der Waals surface area contributed by atoms with Gasteiger partial charge in [0.1, 0.15) is 17.8 Å². The van der Waals surface area contributed by atoms with Crippen molar-refractivity contribution in [2.24, 2.45) is 0 Å². The molecule has 0 bridgehead atoms.